The molecule has 2 aromatic heterocycles. The topological polar surface area (TPSA) is 89.8 Å². The van der Waals surface area contributed by atoms with Crippen LogP contribution in [0.15, 0.2) is 42.7 Å². The summed E-state index contributed by atoms with van der Waals surface area (Å²) in [4.78, 5) is 37.1. The lowest BCUT2D eigenvalue weighted by atomic mass is 9.88. The van der Waals surface area contributed by atoms with Crippen LogP contribution in [-0.2, 0) is 27.3 Å². The highest BCUT2D eigenvalue weighted by molar-refractivity contribution is 6.08. The number of hydrogen-bond donors (Lipinski definition) is 0. The first-order valence-electron chi connectivity index (χ1n) is 13.4. The molecule has 0 radical (unpaired) electrons. The molecule has 4 aromatic rings. The third kappa shape index (κ3) is 4.99. The van der Waals surface area contributed by atoms with E-state index in [9.17, 15) is 9.59 Å². The van der Waals surface area contributed by atoms with Gasteiger partial charge in [0.15, 0.2) is 5.75 Å². The van der Waals surface area contributed by atoms with Crippen LogP contribution < -0.4 is 9.64 Å². The third-order valence-corrected chi connectivity index (χ3v) is 7.70. The van der Waals surface area contributed by atoms with E-state index in [2.05, 4.69) is 70.5 Å². The Morgan fingerprint density at radius 3 is 2.40 bits per heavy atom. The van der Waals surface area contributed by atoms with Crippen molar-refractivity contribution in [3.05, 3.63) is 65.1 Å². The monoisotopic (exact) mass is 541 g/mol. The van der Waals surface area contributed by atoms with Crippen molar-refractivity contribution in [2.75, 3.05) is 38.8 Å². The summed E-state index contributed by atoms with van der Waals surface area (Å²) in [6.45, 7) is 10.1. The maximum Gasteiger partial charge on any atom is 0.310 e. The zero-order valence-electron chi connectivity index (χ0n) is 23.9. The molecule has 0 saturated heterocycles. The Bertz CT molecular complexity index is 1570. The fourth-order valence-corrected chi connectivity index (χ4v) is 5.39. The van der Waals surface area contributed by atoms with Crippen LogP contribution in [0, 0.1) is 20.8 Å². The molecule has 0 spiro atoms. The van der Waals surface area contributed by atoms with Crippen LogP contribution in [0.5, 0.6) is 5.75 Å². The molecule has 208 valence electrons. The quantitative estimate of drug-likeness (QED) is 0.298. The molecular weight excluding hydrogens is 506 g/mol. The Hall–Kier alpha value is -4.40. The number of carbonyl (C=O) groups is 2. The highest BCUT2D eigenvalue weighted by Crippen LogP contribution is 2.46. The number of rotatable bonds is 8. The molecule has 3 heterocycles. The number of esters is 1. The van der Waals surface area contributed by atoms with E-state index in [0.717, 1.165) is 45.4 Å². The number of hydrogen-bond acceptors (Lipinski definition) is 7. The van der Waals surface area contributed by atoms with Gasteiger partial charge in [0.05, 0.1) is 43.7 Å². The Morgan fingerprint density at radius 2 is 1.75 bits per heavy atom. The van der Waals surface area contributed by atoms with Crippen molar-refractivity contribution in [3.63, 3.8) is 0 Å². The van der Waals surface area contributed by atoms with E-state index >= 15 is 0 Å². The second-order valence-corrected chi connectivity index (χ2v) is 10.3. The Kier molecular flexibility index (Phi) is 7.47. The van der Waals surface area contributed by atoms with Gasteiger partial charge in [-0.3, -0.25) is 9.59 Å². The number of aromatic nitrogens is 3. The minimum absolute atomic E-state index is 0.0121. The maximum absolute atomic E-state index is 12.6. The van der Waals surface area contributed by atoms with Crippen LogP contribution in [0.1, 0.15) is 29.3 Å². The van der Waals surface area contributed by atoms with E-state index in [0.29, 0.717) is 31.4 Å². The van der Waals surface area contributed by atoms with Gasteiger partial charge in [-0.1, -0.05) is 29.8 Å². The Labute approximate surface area is 234 Å². The summed E-state index contributed by atoms with van der Waals surface area (Å²) in [6, 6.07) is 10.7. The van der Waals surface area contributed by atoms with Gasteiger partial charge >= 0.3 is 5.97 Å². The molecule has 0 saturated carbocycles. The van der Waals surface area contributed by atoms with Crippen LogP contribution >= 0.6 is 0 Å². The first kappa shape index (κ1) is 27.2. The van der Waals surface area contributed by atoms with E-state index < -0.39 is 0 Å². The van der Waals surface area contributed by atoms with Crippen molar-refractivity contribution in [1.29, 1.82) is 0 Å². The van der Waals surface area contributed by atoms with E-state index in [1.165, 1.54) is 25.3 Å². The lowest BCUT2D eigenvalue weighted by molar-refractivity contribution is -0.139. The lowest BCUT2D eigenvalue weighted by Crippen LogP contribution is -2.30. The first-order chi connectivity index (χ1) is 19.2. The van der Waals surface area contributed by atoms with Crippen molar-refractivity contribution in [2.24, 2.45) is 0 Å². The molecule has 0 fully saturated rings. The lowest BCUT2D eigenvalue weighted by Gasteiger charge is -2.33. The molecule has 0 unspecified atom stereocenters. The van der Waals surface area contributed by atoms with Crippen molar-refractivity contribution in [3.8, 4) is 16.9 Å². The van der Waals surface area contributed by atoms with Gasteiger partial charge in [0.2, 0.25) is 11.9 Å². The third-order valence-electron chi connectivity index (χ3n) is 7.70. The average Bonchev–Trinajstić information content (AvgIpc) is 3.28. The number of likely N-dealkylation sites (N-methyl/N-ethyl adjacent to an activating group) is 1. The molecule has 1 aliphatic heterocycles. The van der Waals surface area contributed by atoms with Crippen molar-refractivity contribution in [2.45, 2.75) is 40.7 Å². The molecule has 40 heavy (non-hydrogen) atoms. The summed E-state index contributed by atoms with van der Waals surface area (Å²) in [7, 11) is 3.16. The number of amides is 1. The molecular formula is C31H35N5O4. The fourth-order valence-electron chi connectivity index (χ4n) is 5.39. The van der Waals surface area contributed by atoms with E-state index in [1.807, 2.05) is 0 Å². The molecule has 0 N–H and O–H groups in total. The zero-order chi connectivity index (χ0) is 28.6. The van der Waals surface area contributed by atoms with Crippen LogP contribution in [0.2, 0.25) is 0 Å². The van der Waals surface area contributed by atoms with Crippen molar-refractivity contribution in [1.82, 2.24) is 19.4 Å². The second-order valence-electron chi connectivity index (χ2n) is 10.3. The van der Waals surface area contributed by atoms with Crippen LogP contribution in [0.3, 0.4) is 0 Å². The molecule has 9 heteroatoms. The fraction of sp³-hybridized carbons (Fsp3) is 0.355. The molecule has 5 rings (SSSR count). The van der Waals surface area contributed by atoms with Gasteiger partial charge in [0.25, 0.3) is 0 Å². The highest BCUT2D eigenvalue weighted by atomic mass is 16.5. The molecule has 0 bridgehead atoms. The molecule has 1 amide bonds. The summed E-state index contributed by atoms with van der Waals surface area (Å²) < 4.78 is 13.2. The number of nitrogens with zero attached hydrogens (tertiary/aromatic N) is 5. The van der Waals surface area contributed by atoms with E-state index in [1.54, 1.807) is 24.3 Å². The van der Waals surface area contributed by atoms with Gasteiger partial charge in [-0.25, -0.2) is 9.97 Å². The van der Waals surface area contributed by atoms with Gasteiger partial charge < -0.3 is 23.8 Å². The summed E-state index contributed by atoms with van der Waals surface area (Å²) in [5, 5.41) is 1.10. The predicted octanol–water partition coefficient (Wildman–Crippen LogP) is 4.75. The van der Waals surface area contributed by atoms with Gasteiger partial charge in [-0.05, 0) is 49.1 Å². The molecule has 0 atom stereocenters. The van der Waals surface area contributed by atoms with E-state index in [-0.39, 0.29) is 18.3 Å². The molecule has 9 nitrogen and oxygen atoms in total. The minimum atomic E-state index is -0.283. The number of benzene rings is 2. The summed E-state index contributed by atoms with van der Waals surface area (Å²) in [6.07, 6.45) is 3.49. The first-order valence-corrected chi connectivity index (χ1v) is 13.4. The number of carbonyl (C=O) groups excluding carboxylic acids is 2. The van der Waals surface area contributed by atoms with Crippen LogP contribution in [0.4, 0.5) is 11.6 Å². The second kappa shape index (κ2) is 11.0. The molecule has 0 aliphatic carbocycles. The predicted molar refractivity (Wildman–Crippen MR) is 155 cm³/mol. The zero-order valence-corrected chi connectivity index (χ0v) is 23.9. The van der Waals surface area contributed by atoms with Crippen LogP contribution in [0.25, 0.3) is 22.0 Å². The minimum Gasteiger partial charge on any atom is -0.488 e. The van der Waals surface area contributed by atoms with Crippen molar-refractivity contribution < 1.29 is 19.1 Å². The van der Waals surface area contributed by atoms with Crippen molar-refractivity contribution >= 4 is 34.4 Å². The smallest absolute Gasteiger partial charge is 0.310 e. The number of ether oxygens (including phenoxy) is 2. The summed E-state index contributed by atoms with van der Waals surface area (Å²) in [5.41, 5.74) is 8.54. The van der Waals surface area contributed by atoms with Gasteiger partial charge in [-0.2, -0.15) is 0 Å². The SMILES string of the molecule is COC(=O)Cc1c(C)c2c3c(cc(C)n3CCN2c2ncc(OCCN(C)C(C)=O)cn2)c1-c1ccc(C)cc1. The summed E-state index contributed by atoms with van der Waals surface area (Å²) >= 11 is 0. The summed E-state index contributed by atoms with van der Waals surface area (Å²) in [5.74, 6) is 0.811. The Morgan fingerprint density at radius 1 is 1.05 bits per heavy atom. The Balaban J connectivity index is 1.59. The largest absolute Gasteiger partial charge is 0.488 e. The van der Waals surface area contributed by atoms with Crippen LogP contribution in [-0.4, -0.2) is 65.2 Å². The molecule has 1 aliphatic rings. The highest BCUT2D eigenvalue weighted by Gasteiger charge is 2.30. The number of anilines is 2. The van der Waals surface area contributed by atoms with Gasteiger partial charge in [0.1, 0.15) is 6.61 Å². The number of methoxy groups -OCH3 is 1. The standard InChI is InChI=1S/C31H35N5O4/c1-19-7-9-23(10-8-19)28-25(16-27(38)39-6)21(3)29-30-26(28)15-20(2)35(30)11-12-36(29)31-32-17-24(18-33-31)40-14-13-34(5)22(4)37/h7-10,15,17-18H,11-14,16H2,1-6H3. The molecule has 2 aromatic carbocycles. The van der Waals surface area contributed by atoms with Gasteiger partial charge in [-0.15, -0.1) is 0 Å². The maximum atomic E-state index is 12.6. The van der Waals surface area contributed by atoms with E-state index in [4.69, 9.17) is 9.47 Å². The average molecular weight is 542 g/mol. The normalized spacial score (nSPS) is 12.5. The van der Waals surface area contributed by atoms with Gasteiger partial charge in [0, 0.05) is 38.1 Å². The number of aryl methyl sites for hydroxylation is 2.